The number of halogens is 4. The maximum atomic E-state index is 13.3. The van der Waals surface area contributed by atoms with Gasteiger partial charge in [0, 0.05) is 35.9 Å². The van der Waals surface area contributed by atoms with E-state index in [1.54, 1.807) is 61.5 Å². The van der Waals surface area contributed by atoms with Crippen molar-refractivity contribution in [2.45, 2.75) is 64.3 Å². The Morgan fingerprint density at radius 2 is 1.20 bits per heavy atom. The molecule has 1 aromatic heterocycles. The summed E-state index contributed by atoms with van der Waals surface area (Å²) in [6.45, 7) is 7.94. The average molecular weight is 933 g/mol. The topological polar surface area (TPSA) is 182 Å². The molecule has 0 saturated heterocycles. The van der Waals surface area contributed by atoms with Gasteiger partial charge in [0.2, 0.25) is 23.5 Å². The van der Waals surface area contributed by atoms with Gasteiger partial charge in [0.05, 0.1) is 5.56 Å². The van der Waals surface area contributed by atoms with E-state index in [-0.39, 0.29) is 45.1 Å². The number of alkyl halides is 2. The Hall–Kier alpha value is -6.77. The standard InChI is InChI=1S/C24H24FNO5.C23H21FN2O4.C2H4Cl2/c1-3-4-15-26-23(29)22(21(28)18-11-13-20(25)14-12-18)31-24(30)19-9-7-17(8-10-19)6-5-16(2)27;1-2-3-14-25-22(29)21-20(16-9-11-18(24)12-10-16)26-23(30-21)17-7-4-15(5-8-17)6-13-19(27)28;1-2(3)4/h5-14,22H,3-4,15H2,1-2H3,(H,26,29);4-13H,2-3,14H2,1H3,(H,25,29)(H,27,28);2H,1H3/b6-5+;13-6+;. The van der Waals surface area contributed by atoms with E-state index in [0.717, 1.165) is 37.5 Å². The number of ketones is 2. The van der Waals surface area contributed by atoms with Gasteiger partial charge < -0.3 is 24.9 Å². The lowest BCUT2D eigenvalue weighted by atomic mass is 10.0. The molecule has 5 rings (SSSR count). The highest BCUT2D eigenvalue weighted by Gasteiger charge is 2.32. The van der Waals surface area contributed by atoms with E-state index in [9.17, 15) is 37.5 Å². The Bertz CT molecular complexity index is 2410. The number of Topliss-reactive ketones (excluding diaryl/α,β-unsaturated/α-hetero) is 1. The van der Waals surface area contributed by atoms with Gasteiger partial charge >= 0.3 is 11.9 Å². The number of rotatable bonds is 18. The number of nitrogens with one attached hydrogen (secondary N) is 2. The number of hydrogen-bond acceptors (Lipinski definition) is 9. The fourth-order valence-corrected chi connectivity index (χ4v) is 5.36. The van der Waals surface area contributed by atoms with Crippen LogP contribution in [0.1, 0.15) is 95.8 Å². The molecule has 12 nitrogen and oxygen atoms in total. The van der Waals surface area contributed by atoms with Crippen LogP contribution in [0.3, 0.4) is 0 Å². The van der Waals surface area contributed by atoms with Gasteiger partial charge in [-0.15, -0.1) is 23.2 Å². The van der Waals surface area contributed by atoms with E-state index in [1.165, 1.54) is 55.5 Å². The molecule has 0 radical (unpaired) electrons. The number of aromatic nitrogens is 1. The van der Waals surface area contributed by atoms with Crippen LogP contribution in [0.2, 0.25) is 0 Å². The SMILES string of the molecule is CC(Cl)Cl.CCCCNC(=O)C(OC(=O)c1ccc(/C=C/C(C)=O)cc1)C(=O)c1ccc(F)cc1.CCCCNC(=O)c1oc(-c2ccc(/C=C/C(=O)O)cc2)nc1-c1ccc(F)cc1. The Balaban J connectivity index is 0.000000319. The number of nitrogens with zero attached hydrogens (tertiary/aromatic N) is 1. The molecular formula is C49H49Cl2F2N3O9. The molecular weight excluding hydrogens is 883 g/mol. The quantitative estimate of drug-likeness (QED) is 0.0191. The van der Waals surface area contributed by atoms with Crippen LogP contribution in [-0.2, 0) is 19.1 Å². The molecule has 1 unspecified atom stereocenters. The highest BCUT2D eigenvalue weighted by molar-refractivity contribution is 6.43. The molecule has 342 valence electrons. The summed E-state index contributed by atoms with van der Waals surface area (Å²) >= 11 is 10.1. The van der Waals surface area contributed by atoms with Crippen molar-refractivity contribution in [2.24, 2.45) is 0 Å². The Kier molecular flexibility index (Phi) is 22.2. The molecule has 1 atom stereocenters. The monoisotopic (exact) mass is 931 g/mol. The number of benzene rings is 4. The van der Waals surface area contributed by atoms with Crippen LogP contribution < -0.4 is 10.6 Å². The van der Waals surface area contributed by atoms with E-state index < -0.39 is 35.6 Å². The van der Waals surface area contributed by atoms with Crippen LogP contribution in [-0.4, -0.2) is 69.4 Å². The summed E-state index contributed by atoms with van der Waals surface area (Å²) in [4.78, 5) is 76.5. The molecule has 4 aromatic carbocycles. The number of carbonyl (C=O) groups excluding carboxylic acids is 5. The highest BCUT2D eigenvalue weighted by atomic mass is 35.5. The van der Waals surface area contributed by atoms with Gasteiger partial charge in [-0.25, -0.2) is 23.4 Å². The predicted molar refractivity (Wildman–Crippen MR) is 246 cm³/mol. The molecule has 5 aromatic rings. The second-order valence-electron chi connectivity index (χ2n) is 14.0. The van der Waals surface area contributed by atoms with Crippen LogP contribution >= 0.6 is 23.2 Å². The third-order valence-corrected chi connectivity index (χ3v) is 8.66. The molecule has 0 aliphatic carbocycles. The maximum absolute atomic E-state index is 13.3. The van der Waals surface area contributed by atoms with Crippen molar-refractivity contribution in [3.63, 3.8) is 0 Å². The molecule has 65 heavy (non-hydrogen) atoms. The normalized spacial score (nSPS) is 11.2. The number of aliphatic carboxylic acids is 1. The zero-order chi connectivity index (χ0) is 47.9. The zero-order valence-electron chi connectivity index (χ0n) is 36.1. The van der Waals surface area contributed by atoms with Crippen molar-refractivity contribution in [2.75, 3.05) is 13.1 Å². The van der Waals surface area contributed by atoms with E-state index in [2.05, 4.69) is 15.6 Å². The van der Waals surface area contributed by atoms with E-state index >= 15 is 0 Å². The van der Waals surface area contributed by atoms with Gasteiger partial charge in [0.1, 0.15) is 22.2 Å². The number of allylic oxidation sites excluding steroid dienone is 1. The van der Waals surface area contributed by atoms with Crippen molar-refractivity contribution in [1.29, 1.82) is 0 Å². The lowest BCUT2D eigenvalue weighted by molar-refractivity contribution is -0.131. The van der Waals surface area contributed by atoms with Crippen LogP contribution in [0.25, 0.3) is 34.9 Å². The van der Waals surface area contributed by atoms with Crippen LogP contribution in [0, 0.1) is 11.6 Å². The number of carboxylic acids is 1. The second kappa shape index (κ2) is 27.4. The summed E-state index contributed by atoms with van der Waals surface area (Å²) in [5, 5.41) is 14.1. The van der Waals surface area contributed by atoms with E-state index in [4.69, 9.17) is 37.5 Å². The minimum absolute atomic E-state index is 0.0505. The molecule has 16 heteroatoms. The van der Waals surface area contributed by atoms with Crippen LogP contribution in [0.5, 0.6) is 0 Å². The van der Waals surface area contributed by atoms with Crippen LogP contribution in [0.15, 0.2) is 114 Å². The van der Waals surface area contributed by atoms with Crippen LogP contribution in [0.4, 0.5) is 8.78 Å². The lowest BCUT2D eigenvalue weighted by Gasteiger charge is -2.17. The van der Waals surface area contributed by atoms with Crippen molar-refractivity contribution >= 4 is 70.7 Å². The number of esters is 1. The minimum atomic E-state index is -1.70. The number of hydrogen-bond donors (Lipinski definition) is 3. The summed E-state index contributed by atoms with van der Waals surface area (Å²) in [7, 11) is 0. The Morgan fingerprint density at radius 1 is 0.723 bits per heavy atom. The van der Waals surface area contributed by atoms with Crippen molar-refractivity contribution in [3.8, 4) is 22.7 Å². The number of carbonyl (C=O) groups is 6. The Labute approximate surface area is 385 Å². The minimum Gasteiger partial charge on any atom is -0.478 e. The van der Waals surface area contributed by atoms with Gasteiger partial charge in [-0.1, -0.05) is 57.0 Å². The summed E-state index contributed by atoms with van der Waals surface area (Å²) in [6, 6.07) is 23.4. The van der Waals surface area contributed by atoms with E-state index in [1.807, 2.05) is 13.8 Å². The largest absolute Gasteiger partial charge is 0.478 e. The molecule has 0 bridgehead atoms. The van der Waals surface area contributed by atoms with Gasteiger partial charge in [-0.05, 0) is 123 Å². The Morgan fingerprint density at radius 3 is 1.72 bits per heavy atom. The number of amides is 2. The number of unbranched alkanes of at least 4 members (excludes halogenated alkanes) is 2. The first-order valence-corrected chi connectivity index (χ1v) is 21.3. The zero-order valence-corrected chi connectivity index (χ0v) is 37.6. The molecule has 0 saturated carbocycles. The second-order valence-corrected chi connectivity index (χ2v) is 15.5. The lowest BCUT2D eigenvalue weighted by Crippen LogP contribution is -2.43. The number of ether oxygens (including phenoxy) is 1. The third-order valence-electron chi connectivity index (χ3n) is 8.66. The predicted octanol–water partition coefficient (Wildman–Crippen LogP) is 10.3. The van der Waals surface area contributed by atoms with E-state index in [0.29, 0.717) is 47.5 Å². The fourth-order valence-electron chi connectivity index (χ4n) is 5.36. The number of carboxylic acid groups (broad SMARTS) is 1. The van der Waals surface area contributed by atoms with Crippen molar-refractivity contribution in [1.82, 2.24) is 15.6 Å². The van der Waals surface area contributed by atoms with Gasteiger partial charge in [-0.2, -0.15) is 0 Å². The smallest absolute Gasteiger partial charge is 0.339 e. The first-order valence-electron chi connectivity index (χ1n) is 20.4. The third kappa shape index (κ3) is 18.5. The summed E-state index contributed by atoms with van der Waals surface area (Å²) < 4.78 is 37.5. The average Bonchev–Trinajstić information content (AvgIpc) is 3.73. The first-order chi connectivity index (χ1) is 31.0. The van der Waals surface area contributed by atoms with Gasteiger partial charge in [0.15, 0.2) is 5.78 Å². The molecule has 0 fully saturated rings. The fraction of sp³-hybridized carbons (Fsp3) is 0.245. The summed E-state index contributed by atoms with van der Waals surface area (Å²) in [6.07, 6.45) is 7.12. The highest BCUT2D eigenvalue weighted by Crippen LogP contribution is 2.30. The maximum Gasteiger partial charge on any atom is 0.339 e. The molecule has 0 aliphatic rings. The summed E-state index contributed by atoms with van der Waals surface area (Å²) in [5.74, 6) is -4.49. The molecule has 0 spiro atoms. The van der Waals surface area contributed by atoms with Crippen molar-refractivity contribution in [3.05, 3.63) is 149 Å². The van der Waals surface area contributed by atoms with Gasteiger partial charge in [0.25, 0.3) is 11.8 Å². The molecule has 0 aliphatic heterocycles. The first kappa shape index (κ1) is 52.6. The van der Waals surface area contributed by atoms with Crippen molar-refractivity contribution < 1.29 is 51.8 Å². The summed E-state index contributed by atoms with van der Waals surface area (Å²) in [5.41, 5.74) is 3.10. The molecule has 1 heterocycles. The molecule has 2 amide bonds. The number of oxazole rings is 1. The van der Waals surface area contributed by atoms with Gasteiger partial charge in [-0.3, -0.25) is 19.2 Å². The molecule has 3 N–H and O–H groups in total.